The summed E-state index contributed by atoms with van der Waals surface area (Å²) in [7, 11) is 0. The van der Waals surface area contributed by atoms with Gasteiger partial charge in [-0.2, -0.15) is 0 Å². The predicted molar refractivity (Wildman–Crippen MR) is 142 cm³/mol. The highest BCUT2D eigenvalue weighted by Gasteiger charge is 2.14. The van der Waals surface area contributed by atoms with Gasteiger partial charge in [0.2, 0.25) is 0 Å². The average molecular weight is 452 g/mol. The lowest BCUT2D eigenvalue weighted by atomic mass is 10.0. The van der Waals surface area contributed by atoms with Gasteiger partial charge in [0.05, 0.1) is 18.9 Å². The van der Waals surface area contributed by atoms with E-state index in [-0.39, 0.29) is 0 Å². The first-order valence-electron chi connectivity index (χ1n) is 13.1. The van der Waals surface area contributed by atoms with Crippen LogP contribution in [0.5, 0.6) is 11.5 Å². The fourth-order valence-electron chi connectivity index (χ4n) is 3.93. The Morgan fingerprint density at radius 2 is 1.36 bits per heavy atom. The van der Waals surface area contributed by atoms with Crippen LogP contribution in [-0.4, -0.2) is 19.4 Å². The molecule has 182 valence electrons. The molecule has 0 aliphatic heterocycles. The van der Waals surface area contributed by atoms with Gasteiger partial charge in [-0.3, -0.25) is 4.99 Å². The molecular weight excluding hydrogens is 406 g/mol. The molecule has 0 bridgehead atoms. The minimum Gasteiger partial charge on any atom is -0.493 e. The zero-order valence-corrected chi connectivity index (χ0v) is 21.6. The summed E-state index contributed by atoms with van der Waals surface area (Å²) < 4.78 is 12.7. The second kappa shape index (κ2) is 15.5. The first kappa shape index (κ1) is 27.0. The average Bonchev–Trinajstić information content (AvgIpc) is 2.85. The van der Waals surface area contributed by atoms with Crippen molar-refractivity contribution < 1.29 is 9.47 Å². The van der Waals surface area contributed by atoms with E-state index in [1.165, 1.54) is 38.5 Å². The Bertz CT molecular complexity index is 816. The Balaban J connectivity index is 2.22. The maximum atomic E-state index is 6.36. The van der Waals surface area contributed by atoms with E-state index in [4.69, 9.17) is 14.5 Å². The number of benzene rings is 2. The first-order valence-corrected chi connectivity index (χ1v) is 13.1. The number of rotatable bonds is 16. The van der Waals surface area contributed by atoms with Gasteiger partial charge in [0.25, 0.3) is 0 Å². The molecular formula is C30H45NO2. The molecule has 0 aromatic heterocycles. The molecule has 3 nitrogen and oxygen atoms in total. The van der Waals surface area contributed by atoms with Crippen molar-refractivity contribution in [2.24, 2.45) is 16.8 Å². The van der Waals surface area contributed by atoms with Crippen LogP contribution in [0.1, 0.15) is 90.2 Å². The van der Waals surface area contributed by atoms with Gasteiger partial charge in [0.1, 0.15) is 11.5 Å². The third-order valence-corrected chi connectivity index (χ3v) is 6.45. The van der Waals surface area contributed by atoms with Gasteiger partial charge in [0, 0.05) is 11.8 Å². The summed E-state index contributed by atoms with van der Waals surface area (Å²) in [5.74, 6) is 3.02. The van der Waals surface area contributed by atoms with Crippen molar-refractivity contribution in [3.8, 4) is 11.5 Å². The lowest BCUT2D eigenvalue weighted by Gasteiger charge is -2.20. The molecule has 0 spiro atoms. The first-order chi connectivity index (χ1) is 16.1. The van der Waals surface area contributed by atoms with Crippen LogP contribution < -0.4 is 9.47 Å². The molecule has 0 saturated heterocycles. The monoisotopic (exact) mass is 451 g/mol. The Labute approximate surface area is 202 Å². The lowest BCUT2D eigenvalue weighted by molar-refractivity contribution is 0.226. The molecule has 0 fully saturated rings. The van der Waals surface area contributed by atoms with Crippen LogP contribution in [0.4, 0.5) is 5.69 Å². The van der Waals surface area contributed by atoms with Gasteiger partial charge in [-0.1, -0.05) is 84.4 Å². The molecule has 33 heavy (non-hydrogen) atoms. The number of aliphatic imine (C=N–C) groups is 1. The van der Waals surface area contributed by atoms with Crippen molar-refractivity contribution >= 4 is 11.9 Å². The van der Waals surface area contributed by atoms with Crippen molar-refractivity contribution in [1.29, 1.82) is 0 Å². The third-order valence-electron chi connectivity index (χ3n) is 6.45. The number of hydrogen-bond donors (Lipinski definition) is 0. The van der Waals surface area contributed by atoms with Crippen molar-refractivity contribution in [2.45, 2.75) is 86.0 Å². The van der Waals surface area contributed by atoms with Gasteiger partial charge < -0.3 is 9.47 Å². The zero-order chi connectivity index (χ0) is 23.9. The fourth-order valence-corrected chi connectivity index (χ4v) is 3.93. The van der Waals surface area contributed by atoms with Gasteiger partial charge in [-0.15, -0.1) is 0 Å². The van der Waals surface area contributed by atoms with E-state index in [2.05, 4.69) is 46.8 Å². The molecule has 0 saturated carbocycles. The van der Waals surface area contributed by atoms with Crippen LogP contribution in [0.25, 0.3) is 0 Å². The predicted octanol–water partition coefficient (Wildman–Crippen LogP) is 8.94. The molecule has 0 amide bonds. The van der Waals surface area contributed by atoms with Crippen LogP contribution in [0.3, 0.4) is 0 Å². The largest absolute Gasteiger partial charge is 0.493 e. The minimum atomic E-state index is 0.587. The SMILES string of the molecule is CCCCC(CC)COc1cc(C=Nc2ccccc2)c(OCC(CC)CCCC)cc1C. The molecule has 0 heterocycles. The minimum absolute atomic E-state index is 0.587. The van der Waals surface area contributed by atoms with Gasteiger partial charge >= 0.3 is 0 Å². The highest BCUT2D eigenvalue weighted by Crippen LogP contribution is 2.30. The molecule has 0 radical (unpaired) electrons. The third kappa shape index (κ3) is 9.61. The topological polar surface area (TPSA) is 30.8 Å². The lowest BCUT2D eigenvalue weighted by Crippen LogP contribution is -2.14. The van der Waals surface area contributed by atoms with E-state index in [0.29, 0.717) is 11.8 Å². The molecule has 2 unspecified atom stereocenters. The van der Waals surface area contributed by atoms with E-state index in [0.717, 1.165) is 54.4 Å². The number of aryl methyl sites for hydroxylation is 1. The Morgan fingerprint density at radius 1 is 0.788 bits per heavy atom. The molecule has 2 rings (SSSR count). The summed E-state index contributed by atoms with van der Waals surface area (Å²) >= 11 is 0. The van der Waals surface area contributed by atoms with E-state index >= 15 is 0 Å². The van der Waals surface area contributed by atoms with Crippen LogP contribution in [0.15, 0.2) is 47.5 Å². The van der Waals surface area contributed by atoms with E-state index in [1.54, 1.807) is 0 Å². The highest BCUT2D eigenvalue weighted by molar-refractivity contribution is 5.86. The molecule has 2 aromatic rings. The van der Waals surface area contributed by atoms with E-state index < -0.39 is 0 Å². The number of ether oxygens (including phenoxy) is 2. The molecule has 3 heteroatoms. The summed E-state index contributed by atoms with van der Waals surface area (Å²) in [6, 6.07) is 14.3. The van der Waals surface area contributed by atoms with E-state index in [1.807, 2.05) is 36.5 Å². The van der Waals surface area contributed by atoms with Gasteiger partial charge in [-0.25, -0.2) is 0 Å². The Hall–Kier alpha value is -2.29. The number of nitrogens with zero attached hydrogens (tertiary/aromatic N) is 1. The molecule has 2 atom stereocenters. The Morgan fingerprint density at radius 3 is 1.91 bits per heavy atom. The molecule has 2 aromatic carbocycles. The van der Waals surface area contributed by atoms with Crippen LogP contribution >= 0.6 is 0 Å². The van der Waals surface area contributed by atoms with Crippen molar-refractivity contribution in [1.82, 2.24) is 0 Å². The fraction of sp³-hybridized carbons (Fsp3) is 0.567. The summed E-state index contributed by atoms with van der Waals surface area (Å²) in [5.41, 5.74) is 3.03. The summed E-state index contributed by atoms with van der Waals surface area (Å²) in [5, 5.41) is 0. The second-order valence-corrected chi connectivity index (χ2v) is 9.20. The number of para-hydroxylation sites is 1. The highest BCUT2D eigenvalue weighted by atomic mass is 16.5. The maximum Gasteiger partial charge on any atom is 0.128 e. The normalized spacial score (nSPS) is 13.2. The zero-order valence-electron chi connectivity index (χ0n) is 21.6. The quantitative estimate of drug-likeness (QED) is 0.238. The van der Waals surface area contributed by atoms with Gasteiger partial charge in [0.15, 0.2) is 0 Å². The van der Waals surface area contributed by atoms with Crippen molar-refractivity contribution in [3.63, 3.8) is 0 Å². The molecule has 0 N–H and O–H groups in total. The van der Waals surface area contributed by atoms with Crippen LogP contribution in [-0.2, 0) is 0 Å². The summed E-state index contributed by atoms with van der Waals surface area (Å²) in [4.78, 5) is 4.70. The van der Waals surface area contributed by atoms with Gasteiger partial charge in [-0.05, 0) is 61.4 Å². The van der Waals surface area contributed by atoms with Crippen molar-refractivity contribution in [2.75, 3.05) is 13.2 Å². The maximum absolute atomic E-state index is 6.36. The van der Waals surface area contributed by atoms with E-state index in [9.17, 15) is 0 Å². The standard InChI is InChI=1S/C30H45NO2/c1-6-10-15-25(8-3)22-32-29-20-27(21-31-28-17-13-12-14-18-28)30(19-24(29)5)33-23-26(9-4)16-11-7-2/h12-14,17-21,25-26H,6-11,15-16,22-23H2,1-5H3. The van der Waals surface area contributed by atoms with Crippen LogP contribution in [0, 0.1) is 18.8 Å². The molecule has 0 aliphatic rings. The second-order valence-electron chi connectivity index (χ2n) is 9.20. The van der Waals surface area contributed by atoms with Crippen molar-refractivity contribution in [3.05, 3.63) is 53.6 Å². The number of hydrogen-bond acceptors (Lipinski definition) is 3. The Kier molecular flexibility index (Phi) is 12.7. The number of unbranched alkanes of at least 4 members (excludes halogenated alkanes) is 2. The molecule has 0 aliphatic carbocycles. The summed E-state index contributed by atoms with van der Waals surface area (Å²) in [6.45, 7) is 12.6. The smallest absolute Gasteiger partial charge is 0.128 e. The van der Waals surface area contributed by atoms with Crippen LogP contribution in [0.2, 0.25) is 0 Å². The summed E-state index contributed by atoms with van der Waals surface area (Å²) in [6.07, 6.45) is 11.6.